The van der Waals surface area contributed by atoms with Crippen LogP contribution in [0.15, 0.2) is 0 Å². The van der Waals surface area contributed by atoms with Crippen molar-refractivity contribution >= 4 is 0 Å². The fourth-order valence-corrected chi connectivity index (χ4v) is 2.17. The molecule has 0 radical (unpaired) electrons. The molecule has 0 aromatic heterocycles. The highest BCUT2D eigenvalue weighted by atomic mass is 16.5. The summed E-state index contributed by atoms with van der Waals surface area (Å²) >= 11 is 0. The molecular formula is C11H23NO. The predicted octanol–water partition coefficient (Wildman–Crippen LogP) is 2.14. The first-order chi connectivity index (χ1) is 5.96. The van der Waals surface area contributed by atoms with E-state index in [0.717, 1.165) is 6.54 Å². The van der Waals surface area contributed by atoms with Crippen LogP contribution >= 0.6 is 0 Å². The van der Waals surface area contributed by atoms with E-state index in [1.54, 1.807) is 0 Å². The van der Waals surface area contributed by atoms with E-state index in [9.17, 15) is 0 Å². The first-order valence-corrected chi connectivity index (χ1v) is 5.32. The van der Waals surface area contributed by atoms with Crippen LogP contribution < -0.4 is 0 Å². The number of nitrogens with zero attached hydrogens (tertiary/aromatic N) is 1. The first-order valence-electron chi connectivity index (χ1n) is 5.32. The molecule has 1 atom stereocenters. The molecule has 1 saturated heterocycles. The summed E-state index contributed by atoms with van der Waals surface area (Å²) < 4.78 is 6.09. The van der Waals surface area contributed by atoms with E-state index in [0.29, 0.717) is 12.0 Å². The monoisotopic (exact) mass is 185 g/mol. The summed E-state index contributed by atoms with van der Waals surface area (Å²) in [6.45, 7) is 11.0. The smallest absolute Gasteiger partial charge is 0.0846 e. The fourth-order valence-electron chi connectivity index (χ4n) is 2.17. The molecule has 2 heteroatoms. The third-order valence-electron chi connectivity index (χ3n) is 2.98. The maximum absolute atomic E-state index is 6.09. The zero-order valence-electron chi connectivity index (χ0n) is 9.63. The van der Waals surface area contributed by atoms with Crippen molar-refractivity contribution in [1.29, 1.82) is 0 Å². The number of likely N-dealkylation sites (N-methyl/N-ethyl adjacent to an activating group) is 1. The molecule has 1 aliphatic heterocycles. The van der Waals surface area contributed by atoms with Crippen molar-refractivity contribution in [3.8, 4) is 0 Å². The quantitative estimate of drug-likeness (QED) is 0.668. The van der Waals surface area contributed by atoms with Gasteiger partial charge in [0.05, 0.1) is 11.7 Å². The molecule has 1 fully saturated rings. The van der Waals surface area contributed by atoms with Crippen molar-refractivity contribution in [2.45, 2.75) is 45.8 Å². The summed E-state index contributed by atoms with van der Waals surface area (Å²) in [5, 5.41) is 0. The van der Waals surface area contributed by atoms with Crippen molar-refractivity contribution in [2.75, 3.05) is 20.1 Å². The Labute approximate surface area is 82.3 Å². The second-order valence-corrected chi connectivity index (χ2v) is 4.87. The molecule has 1 aliphatic rings. The van der Waals surface area contributed by atoms with E-state index in [4.69, 9.17) is 4.74 Å². The van der Waals surface area contributed by atoms with E-state index in [1.807, 2.05) is 0 Å². The zero-order valence-corrected chi connectivity index (χ0v) is 9.63. The summed E-state index contributed by atoms with van der Waals surface area (Å²) in [7, 11) is 2.17. The van der Waals surface area contributed by atoms with Gasteiger partial charge in [0.2, 0.25) is 0 Å². The van der Waals surface area contributed by atoms with Gasteiger partial charge in [-0.05, 0) is 33.2 Å². The Morgan fingerprint density at radius 1 is 1.23 bits per heavy atom. The van der Waals surface area contributed by atoms with Crippen LogP contribution in [0.2, 0.25) is 0 Å². The van der Waals surface area contributed by atoms with Gasteiger partial charge in [0.25, 0.3) is 0 Å². The minimum absolute atomic E-state index is 0.114. The molecule has 1 rings (SSSR count). The molecule has 0 saturated carbocycles. The Hall–Kier alpha value is -0.0800. The summed E-state index contributed by atoms with van der Waals surface area (Å²) in [5.41, 5.74) is 0.114. The lowest BCUT2D eigenvalue weighted by molar-refractivity contribution is -0.0996. The third-order valence-corrected chi connectivity index (χ3v) is 2.98. The van der Waals surface area contributed by atoms with Gasteiger partial charge in [-0.1, -0.05) is 13.8 Å². The summed E-state index contributed by atoms with van der Waals surface area (Å²) in [6.07, 6.45) is 1.52. The largest absolute Gasteiger partial charge is 0.371 e. The lowest BCUT2D eigenvalue weighted by Crippen LogP contribution is -2.42. The summed E-state index contributed by atoms with van der Waals surface area (Å²) in [5.74, 6) is 0.611. The van der Waals surface area contributed by atoms with Crippen LogP contribution in [0.5, 0.6) is 0 Å². The minimum Gasteiger partial charge on any atom is -0.371 e. The Morgan fingerprint density at radius 2 is 1.85 bits per heavy atom. The van der Waals surface area contributed by atoms with Gasteiger partial charge in [0, 0.05) is 13.1 Å². The van der Waals surface area contributed by atoms with Crippen LogP contribution in [0.1, 0.15) is 34.1 Å². The molecule has 0 N–H and O–H groups in total. The van der Waals surface area contributed by atoms with Gasteiger partial charge in [0.1, 0.15) is 0 Å². The molecule has 2 nitrogen and oxygen atoms in total. The molecular weight excluding hydrogens is 162 g/mol. The third kappa shape index (κ3) is 2.44. The first kappa shape index (κ1) is 11.0. The number of hydrogen-bond acceptors (Lipinski definition) is 2. The number of ether oxygens (including phenoxy) is 1. The van der Waals surface area contributed by atoms with Crippen molar-refractivity contribution < 1.29 is 4.74 Å². The van der Waals surface area contributed by atoms with Gasteiger partial charge in [-0.3, -0.25) is 0 Å². The molecule has 78 valence electrons. The van der Waals surface area contributed by atoms with E-state index in [-0.39, 0.29) is 5.60 Å². The summed E-state index contributed by atoms with van der Waals surface area (Å²) in [6, 6.07) is 0. The molecule has 0 spiro atoms. The second kappa shape index (κ2) is 3.97. The molecule has 0 aromatic rings. The van der Waals surface area contributed by atoms with E-state index < -0.39 is 0 Å². The maximum Gasteiger partial charge on any atom is 0.0846 e. The zero-order chi connectivity index (χ0) is 10.1. The normalized spacial score (nSPS) is 30.7. The maximum atomic E-state index is 6.09. The molecule has 0 aromatic carbocycles. The average Bonchev–Trinajstić information content (AvgIpc) is 2.31. The van der Waals surface area contributed by atoms with Gasteiger partial charge in [-0.25, -0.2) is 0 Å². The Morgan fingerprint density at radius 3 is 2.15 bits per heavy atom. The molecule has 0 aliphatic carbocycles. The van der Waals surface area contributed by atoms with E-state index >= 15 is 0 Å². The van der Waals surface area contributed by atoms with Crippen molar-refractivity contribution in [1.82, 2.24) is 4.90 Å². The van der Waals surface area contributed by atoms with Gasteiger partial charge in [-0.15, -0.1) is 0 Å². The summed E-state index contributed by atoms with van der Waals surface area (Å²) in [4.78, 5) is 2.36. The number of likely N-dealkylation sites (tertiary alicyclic amines) is 1. The molecule has 1 unspecified atom stereocenters. The van der Waals surface area contributed by atoms with Gasteiger partial charge in [0.15, 0.2) is 0 Å². The van der Waals surface area contributed by atoms with Crippen molar-refractivity contribution in [3.05, 3.63) is 0 Å². The molecule has 1 heterocycles. The lowest BCUT2D eigenvalue weighted by atomic mass is 9.89. The topological polar surface area (TPSA) is 12.5 Å². The van der Waals surface area contributed by atoms with Crippen LogP contribution in [-0.2, 0) is 4.74 Å². The van der Waals surface area contributed by atoms with Crippen molar-refractivity contribution in [3.63, 3.8) is 0 Å². The Kier molecular flexibility index (Phi) is 3.36. The van der Waals surface area contributed by atoms with Crippen LogP contribution in [0.4, 0.5) is 0 Å². The number of hydrogen-bond donors (Lipinski definition) is 0. The molecule has 0 bridgehead atoms. The molecule has 13 heavy (non-hydrogen) atoms. The highest BCUT2D eigenvalue weighted by Crippen LogP contribution is 2.33. The lowest BCUT2D eigenvalue weighted by Gasteiger charge is -2.35. The van der Waals surface area contributed by atoms with Crippen LogP contribution in [0.3, 0.4) is 0 Å². The van der Waals surface area contributed by atoms with Gasteiger partial charge >= 0.3 is 0 Å². The van der Waals surface area contributed by atoms with E-state index in [2.05, 4.69) is 39.6 Å². The number of rotatable bonds is 3. The standard InChI is InChI=1S/C11H23NO/c1-9(2)11(13-10(3)4)6-7-12(5)8-11/h9-10H,6-8H2,1-5H3. The fraction of sp³-hybridized carbons (Fsp3) is 1.00. The minimum atomic E-state index is 0.114. The second-order valence-electron chi connectivity index (χ2n) is 4.87. The van der Waals surface area contributed by atoms with Crippen molar-refractivity contribution in [2.24, 2.45) is 5.92 Å². The Bertz CT molecular complexity index is 167. The Balaban J connectivity index is 2.65. The highest BCUT2D eigenvalue weighted by Gasteiger charge is 2.41. The van der Waals surface area contributed by atoms with Gasteiger partial charge in [-0.2, -0.15) is 0 Å². The average molecular weight is 185 g/mol. The SMILES string of the molecule is CC(C)OC1(C(C)C)CCN(C)C1. The van der Waals surface area contributed by atoms with Gasteiger partial charge < -0.3 is 9.64 Å². The molecule has 0 amide bonds. The highest BCUT2D eigenvalue weighted by molar-refractivity contribution is 4.93. The predicted molar refractivity (Wildman–Crippen MR) is 55.9 cm³/mol. The van der Waals surface area contributed by atoms with Crippen LogP contribution in [0.25, 0.3) is 0 Å². The van der Waals surface area contributed by atoms with E-state index in [1.165, 1.54) is 13.0 Å². The van der Waals surface area contributed by atoms with Crippen LogP contribution in [-0.4, -0.2) is 36.7 Å². The van der Waals surface area contributed by atoms with Crippen LogP contribution in [0, 0.1) is 5.92 Å².